The van der Waals surface area contributed by atoms with E-state index >= 15 is 0 Å². The molecule has 0 amide bonds. The van der Waals surface area contributed by atoms with Crippen LogP contribution in [-0.2, 0) is 9.47 Å². The fourth-order valence-electron chi connectivity index (χ4n) is 1.91. The number of halogens is 1. The molecule has 0 aromatic heterocycles. The van der Waals surface area contributed by atoms with Gasteiger partial charge in [-0.05, 0) is 18.2 Å². The van der Waals surface area contributed by atoms with E-state index < -0.39 is 0 Å². The first-order chi connectivity index (χ1) is 8.15. The van der Waals surface area contributed by atoms with Crippen LogP contribution in [0.4, 0.5) is 15.8 Å². The number of ether oxygens (including phenoxy) is 2. The van der Waals surface area contributed by atoms with Crippen molar-refractivity contribution in [3.8, 4) is 0 Å². The van der Waals surface area contributed by atoms with E-state index in [2.05, 4.69) is 5.32 Å². The third kappa shape index (κ3) is 2.68. The highest BCUT2D eigenvalue weighted by Crippen LogP contribution is 2.25. The van der Waals surface area contributed by atoms with Crippen LogP contribution in [0.1, 0.15) is 6.42 Å². The zero-order valence-corrected chi connectivity index (χ0v) is 9.83. The Morgan fingerprint density at radius 3 is 3.00 bits per heavy atom. The van der Waals surface area contributed by atoms with E-state index in [1.165, 1.54) is 12.1 Å². The summed E-state index contributed by atoms with van der Waals surface area (Å²) in [6.45, 7) is 1.87. The summed E-state index contributed by atoms with van der Waals surface area (Å²) in [6.07, 6.45) is 0.845. The number of methoxy groups -OCH3 is 1. The SMILES string of the molecule is COC1(CNc2ccc(F)cc2N)CCOC1. The van der Waals surface area contributed by atoms with E-state index in [4.69, 9.17) is 15.2 Å². The number of nitrogens with two attached hydrogens (primary N) is 1. The highest BCUT2D eigenvalue weighted by Gasteiger charge is 2.34. The van der Waals surface area contributed by atoms with E-state index in [1.807, 2.05) is 0 Å². The first kappa shape index (κ1) is 12.1. The van der Waals surface area contributed by atoms with Gasteiger partial charge in [-0.15, -0.1) is 0 Å². The Balaban J connectivity index is 2.01. The van der Waals surface area contributed by atoms with Gasteiger partial charge in [-0.1, -0.05) is 0 Å². The van der Waals surface area contributed by atoms with E-state index in [0.717, 1.165) is 12.1 Å². The minimum Gasteiger partial charge on any atom is -0.397 e. The number of anilines is 2. The van der Waals surface area contributed by atoms with Crippen LogP contribution in [0.5, 0.6) is 0 Å². The van der Waals surface area contributed by atoms with Gasteiger partial charge in [-0.3, -0.25) is 0 Å². The summed E-state index contributed by atoms with van der Waals surface area (Å²) in [7, 11) is 1.67. The van der Waals surface area contributed by atoms with Gasteiger partial charge >= 0.3 is 0 Å². The first-order valence-corrected chi connectivity index (χ1v) is 5.57. The van der Waals surface area contributed by atoms with Crippen LogP contribution in [0, 0.1) is 5.82 Å². The maximum absolute atomic E-state index is 12.9. The van der Waals surface area contributed by atoms with Crippen LogP contribution < -0.4 is 11.1 Å². The number of nitrogens with one attached hydrogen (secondary N) is 1. The Hall–Kier alpha value is -1.33. The summed E-state index contributed by atoms with van der Waals surface area (Å²) in [5.41, 5.74) is 6.53. The van der Waals surface area contributed by atoms with Crippen LogP contribution in [0.3, 0.4) is 0 Å². The molecular formula is C12H17FN2O2. The molecule has 94 valence electrons. The molecule has 4 nitrogen and oxygen atoms in total. The third-order valence-corrected chi connectivity index (χ3v) is 3.11. The second kappa shape index (κ2) is 4.89. The molecule has 1 heterocycles. The summed E-state index contributed by atoms with van der Waals surface area (Å²) in [5, 5.41) is 3.18. The summed E-state index contributed by atoms with van der Waals surface area (Å²) in [4.78, 5) is 0. The molecule has 0 radical (unpaired) electrons. The van der Waals surface area contributed by atoms with Gasteiger partial charge in [-0.25, -0.2) is 4.39 Å². The average molecular weight is 240 g/mol. The zero-order valence-electron chi connectivity index (χ0n) is 9.83. The van der Waals surface area contributed by atoms with E-state index in [9.17, 15) is 4.39 Å². The van der Waals surface area contributed by atoms with Crippen molar-refractivity contribution in [1.82, 2.24) is 0 Å². The molecule has 1 aromatic carbocycles. The summed E-state index contributed by atoms with van der Waals surface area (Å²) in [5.74, 6) is -0.335. The molecule has 2 rings (SSSR count). The van der Waals surface area contributed by atoms with Gasteiger partial charge in [0.1, 0.15) is 11.4 Å². The van der Waals surface area contributed by atoms with Crippen molar-refractivity contribution in [3.63, 3.8) is 0 Å². The number of nitrogen functional groups attached to an aromatic ring is 1. The van der Waals surface area contributed by atoms with Crippen molar-refractivity contribution in [3.05, 3.63) is 24.0 Å². The quantitative estimate of drug-likeness (QED) is 0.785. The second-order valence-electron chi connectivity index (χ2n) is 4.27. The van der Waals surface area contributed by atoms with E-state index in [-0.39, 0.29) is 11.4 Å². The zero-order chi connectivity index (χ0) is 12.3. The Labute approximate surface area is 99.9 Å². The van der Waals surface area contributed by atoms with Crippen molar-refractivity contribution in [1.29, 1.82) is 0 Å². The molecule has 5 heteroatoms. The molecule has 1 aliphatic rings. The number of hydrogen-bond donors (Lipinski definition) is 2. The molecule has 1 atom stereocenters. The molecule has 1 unspecified atom stereocenters. The minimum absolute atomic E-state index is 0.305. The maximum atomic E-state index is 12.9. The fourth-order valence-corrected chi connectivity index (χ4v) is 1.91. The van der Waals surface area contributed by atoms with Crippen molar-refractivity contribution in [2.75, 3.05) is 37.9 Å². The molecule has 1 saturated heterocycles. The Bertz CT molecular complexity index is 392. The Morgan fingerprint density at radius 1 is 1.59 bits per heavy atom. The van der Waals surface area contributed by atoms with Crippen molar-refractivity contribution < 1.29 is 13.9 Å². The van der Waals surface area contributed by atoms with Crippen LogP contribution in [0.15, 0.2) is 18.2 Å². The fraction of sp³-hybridized carbons (Fsp3) is 0.500. The van der Waals surface area contributed by atoms with E-state index in [0.29, 0.717) is 25.4 Å². The summed E-state index contributed by atoms with van der Waals surface area (Å²) < 4.78 is 23.7. The van der Waals surface area contributed by atoms with Crippen LogP contribution in [0.2, 0.25) is 0 Å². The van der Waals surface area contributed by atoms with Crippen LogP contribution in [-0.4, -0.2) is 32.5 Å². The number of rotatable bonds is 4. The lowest BCUT2D eigenvalue weighted by molar-refractivity contribution is -0.00618. The molecule has 0 bridgehead atoms. The predicted molar refractivity (Wildman–Crippen MR) is 64.5 cm³/mol. The first-order valence-electron chi connectivity index (χ1n) is 5.57. The topological polar surface area (TPSA) is 56.5 Å². The molecular weight excluding hydrogens is 223 g/mol. The predicted octanol–water partition coefficient (Wildman–Crippen LogP) is 1.63. The molecule has 17 heavy (non-hydrogen) atoms. The van der Waals surface area contributed by atoms with Gasteiger partial charge < -0.3 is 20.5 Å². The minimum atomic E-state index is -0.335. The Kier molecular flexibility index (Phi) is 3.49. The molecule has 1 aromatic rings. The smallest absolute Gasteiger partial charge is 0.125 e. The average Bonchev–Trinajstić information content (AvgIpc) is 2.77. The standard InChI is InChI=1S/C12H17FN2O2/c1-16-12(4-5-17-8-12)7-15-11-3-2-9(13)6-10(11)14/h2-3,6,15H,4-5,7-8,14H2,1H3. The second-order valence-corrected chi connectivity index (χ2v) is 4.27. The van der Waals surface area contributed by atoms with Gasteiger partial charge in [-0.2, -0.15) is 0 Å². The molecule has 0 aliphatic carbocycles. The van der Waals surface area contributed by atoms with Gasteiger partial charge in [0.15, 0.2) is 0 Å². The maximum Gasteiger partial charge on any atom is 0.125 e. The van der Waals surface area contributed by atoms with Gasteiger partial charge in [0.05, 0.1) is 18.0 Å². The molecule has 0 saturated carbocycles. The Morgan fingerprint density at radius 2 is 2.41 bits per heavy atom. The van der Waals surface area contributed by atoms with Crippen molar-refractivity contribution in [2.45, 2.75) is 12.0 Å². The monoisotopic (exact) mass is 240 g/mol. The number of hydrogen-bond acceptors (Lipinski definition) is 4. The highest BCUT2D eigenvalue weighted by atomic mass is 19.1. The summed E-state index contributed by atoms with van der Waals surface area (Å²) in [6, 6.07) is 4.31. The van der Waals surface area contributed by atoms with Gasteiger partial charge in [0.25, 0.3) is 0 Å². The largest absolute Gasteiger partial charge is 0.397 e. The van der Waals surface area contributed by atoms with Crippen molar-refractivity contribution in [2.24, 2.45) is 0 Å². The van der Waals surface area contributed by atoms with Crippen LogP contribution >= 0.6 is 0 Å². The molecule has 3 N–H and O–H groups in total. The van der Waals surface area contributed by atoms with Gasteiger partial charge in [0.2, 0.25) is 0 Å². The molecule has 0 spiro atoms. The normalized spacial score (nSPS) is 23.9. The van der Waals surface area contributed by atoms with E-state index in [1.54, 1.807) is 13.2 Å². The van der Waals surface area contributed by atoms with Crippen molar-refractivity contribution >= 4 is 11.4 Å². The van der Waals surface area contributed by atoms with Gasteiger partial charge in [0, 0.05) is 26.7 Å². The third-order valence-electron chi connectivity index (χ3n) is 3.11. The van der Waals surface area contributed by atoms with Crippen LogP contribution in [0.25, 0.3) is 0 Å². The lowest BCUT2D eigenvalue weighted by Crippen LogP contribution is -2.39. The molecule has 1 fully saturated rings. The number of benzene rings is 1. The highest BCUT2D eigenvalue weighted by molar-refractivity contribution is 5.65. The lowest BCUT2D eigenvalue weighted by Gasteiger charge is -2.26. The lowest BCUT2D eigenvalue weighted by atomic mass is 10.0. The summed E-state index contributed by atoms with van der Waals surface area (Å²) >= 11 is 0. The molecule has 1 aliphatic heterocycles.